The molecule has 1 aliphatic rings. The minimum atomic E-state index is -0.196. The Kier molecular flexibility index (Phi) is 5.00. The number of benzene rings is 3. The second kappa shape index (κ2) is 8.11. The van der Waals surface area contributed by atoms with E-state index >= 15 is 0 Å². The molecule has 31 heavy (non-hydrogen) atoms. The Morgan fingerprint density at radius 2 is 1.52 bits per heavy atom. The first-order valence-electron chi connectivity index (χ1n) is 10.5. The Labute approximate surface area is 180 Å². The molecule has 3 aromatic carbocycles. The number of hydrogen-bond acceptors (Lipinski definition) is 2. The lowest BCUT2D eigenvalue weighted by Crippen LogP contribution is -2.56. The number of hydrogen-bond donors (Lipinski definition) is 1. The molecule has 1 N–H and O–H groups in total. The lowest BCUT2D eigenvalue weighted by molar-refractivity contribution is -0.126. The van der Waals surface area contributed by atoms with E-state index in [0.29, 0.717) is 25.2 Å². The molecule has 0 spiro atoms. The molecule has 1 aliphatic heterocycles. The molecule has 1 saturated heterocycles. The largest absolute Gasteiger partial charge is 0.360 e. The number of carbonyl (C=O) groups is 2. The van der Waals surface area contributed by atoms with E-state index in [1.54, 1.807) is 11.1 Å². The van der Waals surface area contributed by atoms with E-state index in [9.17, 15) is 9.59 Å². The molecular weight excluding hydrogens is 386 g/mol. The molecule has 2 amide bonds. The first-order valence-corrected chi connectivity index (χ1v) is 10.5. The maximum atomic E-state index is 13.4. The SMILES string of the molecule is O=C(c1c[nH]c2ccccc12)N1CC(C(=O)N(Cc2ccccc2)c2ccccc2)C1. The fourth-order valence-electron chi connectivity index (χ4n) is 4.11. The number of carbonyl (C=O) groups excluding carboxylic acids is 2. The summed E-state index contributed by atoms with van der Waals surface area (Å²) in [6.07, 6.45) is 1.76. The number of nitrogens with one attached hydrogen (secondary N) is 1. The van der Waals surface area contributed by atoms with E-state index in [-0.39, 0.29) is 17.7 Å². The number of likely N-dealkylation sites (tertiary alicyclic amines) is 1. The Morgan fingerprint density at radius 3 is 2.26 bits per heavy atom. The molecule has 2 heterocycles. The summed E-state index contributed by atoms with van der Waals surface area (Å²) in [5.41, 5.74) is 3.55. The maximum absolute atomic E-state index is 13.4. The van der Waals surface area contributed by atoms with Crippen molar-refractivity contribution in [2.45, 2.75) is 6.54 Å². The monoisotopic (exact) mass is 409 g/mol. The predicted octanol–water partition coefficient (Wildman–Crippen LogP) is 4.47. The zero-order valence-electron chi connectivity index (χ0n) is 17.1. The molecule has 0 saturated carbocycles. The third kappa shape index (κ3) is 3.70. The van der Waals surface area contributed by atoms with Gasteiger partial charge in [0.1, 0.15) is 0 Å². The van der Waals surface area contributed by atoms with Gasteiger partial charge in [-0.3, -0.25) is 9.59 Å². The molecule has 4 aromatic rings. The van der Waals surface area contributed by atoms with Gasteiger partial charge in [-0.15, -0.1) is 0 Å². The van der Waals surface area contributed by atoms with Gasteiger partial charge in [-0.2, -0.15) is 0 Å². The van der Waals surface area contributed by atoms with E-state index in [0.717, 1.165) is 22.2 Å². The summed E-state index contributed by atoms with van der Waals surface area (Å²) < 4.78 is 0. The normalized spacial score (nSPS) is 13.7. The summed E-state index contributed by atoms with van der Waals surface area (Å²) in [7, 11) is 0. The van der Waals surface area contributed by atoms with Crippen LogP contribution < -0.4 is 4.90 Å². The van der Waals surface area contributed by atoms with Crippen LogP contribution in [0.4, 0.5) is 5.69 Å². The van der Waals surface area contributed by atoms with Crippen molar-refractivity contribution < 1.29 is 9.59 Å². The van der Waals surface area contributed by atoms with Crippen LogP contribution in [0.15, 0.2) is 91.1 Å². The van der Waals surface area contributed by atoms with Crippen LogP contribution in [0.1, 0.15) is 15.9 Å². The average Bonchev–Trinajstić information content (AvgIpc) is 3.22. The number of aromatic nitrogens is 1. The number of rotatable bonds is 5. The summed E-state index contributed by atoms with van der Waals surface area (Å²) in [6, 6.07) is 27.5. The van der Waals surface area contributed by atoms with E-state index < -0.39 is 0 Å². The van der Waals surface area contributed by atoms with E-state index in [2.05, 4.69) is 4.98 Å². The molecule has 0 atom stereocenters. The molecule has 5 heteroatoms. The molecule has 5 rings (SSSR count). The molecule has 1 fully saturated rings. The van der Waals surface area contributed by atoms with Gasteiger partial charge < -0.3 is 14.8 Å². The van der Waals surface area contributed by atoms with Crippen molar-refractivity contribution in [3.8, 4) is 0 Å². The van der Waals surface area contributed by atoms with Crippen molar-refractivity contribution in [2.75, 3.05) is 18.0 Å². The molecule has 0 bridgehead atoms. The van der Waals surface area contributed by atoms with Crippen molar-refractivity contribution in [3.63, 3.8) is 0 Å². The van der Waals surface area contributed by atoms with Crippen LogP contribution in [-0.2, 0) is 11.3 Å². The molecule has 1 aromatic heterocycles. The van der Waals surface area contributed by atoms with Crippen LogP contribution in [0.2, 0.25) is 0 Å². The molecular formula is C26H23N3O2. The highest BCUT2D eigenvalue weighted by molar-refractivity contribution is 6.07. The number of anilines is 1. The van der Waals surface area contributed by atoms with Crippen molar-refractivity contribution >= 4 is 28.4 Å². The van der Waals surface area contributed by atoms with Gasteiger partial charge in [0.2, 0.25) is 5.91 Å². The van der Waals surface area contributed by atoms with E-state index in [1.807, 2.05) is 89.8 Å². The highest BCUT2D eigenvalue weighted by Gasteiger charge is 2.39. The maximum Gasteiger partial charge on any atom is 0.256 e. The standard InChI is InChI=1S/C26H23N3O2/c30-25(29(21-11-5-2-6-12-21)16-19-9-3-1-4-10-19)20-17-28(18-20)26(31)23-15-27-24-14-8-7-13-22(23)24/h1-15,20,27H,16-18H2. The van der Waals surface area contributed by atoms with Crippen LogP contribution in [0, 0.1) is 5.92 Å². The van der Waals surface area contributed by atoms with Gasteiger partial charge in [0.25, 0.3) is 5.91 Å². The second-order valence-electron chi connectivity index (χ2n) is 7.90. The van der Waals surface area contributed by atoms with Gasteiger partial charge in [-0.05, 0) is 23.8 Å². The topological polar surface area (TPSA) is 56.4 Å². The van der Waals surface area contributed by atoms with Crippen molar-refractivity contribution in [1.29, 1.82) is 0 Å². The molecule has 0 radical (unpaired) electrons. The number of amides is 2. The number of aromatic amines is 1. The molecule has 0 aliphatic carbocycles. The third-order valence-corrected chi connectivity index (χ3v) is 5.86. The van der Waals surface area contributed by atoms with Crippen molar-refractivity contribution in [3.05, 3.63) is 102 Å². The van der Waals surface area contributed by atoms with Gasteiger partial charge in [0.05, 0.1) is 18.0 Å². The molecule has 5 nitrogen and oxygen atoms in total. The number of para-hydroxylation sites is 2. The van der Waals surface area contributed by atoms with Crippen LogP contribution in [0.25, 0.3) is 10.9 Å². The van der Waals surface area contributed by atoms with Crippen molar-refractivity contribution in [2.24, 2.45) is 5.92 Å². The number of nitrogens with zero attached hydrogens (tertiary/aromatic N) is 2. The molecule has 0 unspecified atom stereocenters. The Morgan fingerprint density at radius 1 is 0.871 bits per heavy atom. The van der Waals surface area contributed by atoms with Gasteiger partial charge in [0.15, 0.2) is 0 Å². The van der Waals surface area contributed by atoms with Gasteiger partial charge in [-0.1, -0.05) is 66.7 Å². The van der Waals surface area contributed by atoms with Gasteiger partial charge in [0, 0.05) is 35.9 Å². The zero-order valence-corrected chi connectivity index (χ0v) is 17.1. The predicted molar refractivity (Wildman–Crippen MR) is 122 cm³/mol. The smallest absolute Gasteiger partial charge is 0.256 e. The zero-order chi connectivity index (χ0) is 21.2. The average molecular weight is 409 g/mol. The Bertz CT molecular complexity index is 1210. The van der Waals surface area contributed by atoms with Crippen LogP contribution in [0.3, 0.4) is 0 Å². The number of H-pyrrole nitrogens is 1. The summed E-state index contributed by atoms with van der Waals surface area (Å²) in [4.78, 5) is 33.1. The highest BCUT2D eigenvalue weighted by atomic mass is 16.2. The summed E-state index contributed by atoms with van der Waals surface area (Å²) in [5, 5.41) is 0.914. The van der Waals surface area contributed by atoms with E-state index in [4.69, 9.17) is 0 Å². The lowest BCUT2D eigenvalue weighted by Gasteiger charge is -2.40. The molecule has 154 valence electrons. The van der Waals surface area contributed by atoms with Crippen LogP contribution in [0.5, 0.6) is 0 Å². The van der Waals surface area contributed by atoms with Crippen LogP contribution in [-0.4, -0.2) is 34.8 Å². The lowest BCUT2D eigenvalue weighted by atomic mass is 9.96. The van der Waals surface area contributed by atoms with Crippen LogP contribution >= 0.6 is 0 Å². The first kappa shape index (κ1) is 19.1. The fourth-order valence-corrected chi connectivity index (χ4v) is 4.11. The fraction of sp³-hybridized carbons (Fsp3) is 0.154. The van der Waals surface area contributed by atoms with Crippen molar-refractivity contribution in [1.82, 2.24) is 9.88 Å². The summed E-state index contributed by atoms with van der Waals surface area (Å²) >= 11 is 0. The first-order chi connectivity index (χ1) is 15.2. The van der Waals surface area contributed by atoms with Gasteiger partial charge in [-0.25, -0.2) is 0 Å². The third-order valence-electron chi connectivity index (χ3n) is 5.86. The minimum absolute atomic E-state index is 0.0316. The number of fused-ring (bicyclic) bond motifs is 1. The Hall–Kier alpha value is -3.86. The summed E-state index contributed by atoms with van der Waals surface area (Å²) in [6.45, 7) is 1.39. The quantitative estimate of drug-likeness (QED) is 0.529. The van der Waals surface area contributed by atoms with Gasteiger partial charge >= 0.3 is 0 Å². The highest BCUT2D eigenvalue weighted by Crippen LogP contribution is 2.27. The summed E-state index contributed by atoms with van der Waals surface area (Å²) in [5.74, 6) is -0.174. The second-order valence-corrected chi connectivity index (χ2v) is 7.90. The Balaban J connectivity index is 1.31. The minimum Gasteiger partial charge on any atom is -0.360 e. The van der Waals surface area contributed by atoms with E-state index in [1.165, 1.54) is 0 Å².